The summed E-state index contributed by atoms with van der Waals surface area (Å²) in [5.74, 6) is -0.658. The van der Waals surface area contributed by atoms with Gasteiger partial charge in [0.25, 0.3) is 11.7 Å². The molecule has 2 atom stereocenters. The molecule has 2 heterocycles. The van der Waals surface area contributed by atoms with Crippen LogP contribution in [-0.4, -0.2) is 64.0 Å². The lowest BCUT2D eigenvalue weighted by atomic mass is 9.94. The largest absolute Gasteiger partial charge is 0.508 e. The Morgan fingerprint density at radius 1 is 1.12 bits per heavy atom. The number of phenolic OH excluding ortho intramolecular Hbond substituents is 1. The second-order valence-electron chi connectivity index (χ2n) is 8.57. The summed E-state index contributed by atoms with van der Waals surface area (Å²) in [6, 6.07) is 11.0. The van der Waals surface area contributed by atoms with E-state index in [1.165, 1.54) is 17.0 Å². The summed E-state index contributed by atoms with van der Waals surface area (Å²) in [4.78, 5) is 29.9. The Morgan fingerprint density at radius 2 is 1.82 bits per heavy atom. The number of fused-ring (bicyclic) bond motifs is 1. The first kappa shape index (κ1) is 22.9. The van der Waals surface area contributed by atoms with Crippen LogP contribution >= 0.6 is 0 Å². The van der Waals surface area contributed by atoms with Crippen LogP contribution in [0.4, 0.5) is 0 Å². The highest BCUT2D eigenvalue weighted by Crippen LogP contribution is 2.40. The Hall–Kier alpha value is -3.32. The van der Waals surface area contributed by atoms with Crippen molar-refractivity contribution in [1.29, 1.82) is 0 Å². The number of nitrogens with zero attached hydrogens (tertiary/aromatic N) is 2. The van der Waals surface area contributed by atoms with Crippen LogP contribution in [-0.2, 0) is 16.0 Å². The van der Waals surface area contributed by atoms with Crippen molar-refractivity contribution >= 4 is 17.4 Å². The summed E-state index contributed by atoms with van der Waals surface area (Å²) in [7, 11) is 0. The monoisotopic (exact) mass is 450 g/mol. The molecule has 2 unspecified atom stereocenters. The number of rotatable bonds is 7. The molecule has 0 radical (unpaired) electrons. The number of aromatic hydroxyl groups is 1. The standard InChI is InChI=1S/C26H30N2O5/c1-4-27(5-2)12-13-28-23(17-6-9-20(29)10-7-17)22(25(31)26(28)32)24(30)18-8-11-21-19(15-18)14-16(3)33-21/h6-11,15-16,23,29-30H,4-5,12-14H2,1-3H3/b24-22+. The van der Waals surface area contributed by atoms with Gasteiger partial charge in [0.1, 0.15) is 23.4 Å². The van der Waals surface area contributed by atoms with Gasteiger partial charge in [-0.25, -0.2) is 0 Å². The third-order valence-corrected chi connectivity index (χ3v) is 6.47. The zero-order valence-electron chi connectivity index (χ0n) is 19.2. The topological polar surface area (TPSA) is 90.3 Å². The second kappa shape index (κ2) is 9.27. The lowest BCUT2D eigenvalue weighted by molar-refractivity contribution is -0.140. The quantitative estimate of drug-likeness (QED) is 0.381. The summed E-state index contributed by atoms with van der Waals surface area (Å²) in [5.41, 5.74) is 2.17. The fraction of sp³-hybridized carbons (Fsp3) is 0.385. The van der Waals surface area contributed by atoms with Crippen LogP contribution < -0.4 is 4.74 Å². The molecule has 7 nitrogen and oxygen atoms in total. The maximum absolute atomic E-state index is 13.2. The van der Waals surface area contributed by atoms with E-state index in [0.29, 0.717) is 24.2 Å². The van der Waals surface area contributed by atoms with Crippen molar-refractivity contribution in [3.63, 3.8) is 0 Å². The number of benzene rings is 2. The highest BCUT2D eigenvalue weighted by Gasteiger charge is 2.46. The first-order chi connectivity index (χ1) is 15.8. The van der Waals surface area contributed by atoms with Crippen molar-refractivity contribution in [2.75, 3.05) is 26.2 Å². The maximum atomic E-state index is 13.2. The van der Waals surface area contributed by atoms with Crippen LogP contribution in [0.2, 0.25) is 0 Å². The van der Waals surface area contributed by atoms with Gasteiger partial charge in [0.05, 0.1) is 11.6 Å². The average molecular weight is 451 g/mol. The first-order valence-electron chi connectivity index (χ1n) is 11.4. The molecule has 1 saturated heterocycles. The Morgan fingerprint density at radius 3 is 2.48 bits per heavy atom. The molecule has 2 N–H and O–H groups in total. The second-order valence-corrected chi connectivity index (χ2v) is 8.57. The van der Waals surface area contributed by atoms with Gasteiger partial charge in [-0.3, -0.25) is 9.59 Å². The third-order valence-electron chi connectivity index (χ3n) is 6.47. The summed E-state index contributed by atoms with van der Waals surface area (Å²) >= 11 is 0. The Bertz CT molecular complexity index is 1090. The van der Waals surface area contributed by atoms with Gasteiger partial charge in [-0.1, -0.05) is 26.0 Å². The van der Waals surface area contributed by atoms with Crippen molar-refractivity contribution < 1.29 is 24.5 Å². The molecule has 1 fully saturated rings. The molecule has 2 aliphatic heterocycles. The van der Waals surface area contributed by atoms with Gasteiger partial charge < -0.3 is 24.7 Å². The molecule has 7 heteroatoms. The molecule has 0 saturated carbocycles. The van der Waals surface area contributed by atoms with Crippen LogP contribution in [0.3, 0.4) is 0 Å². The van der Waals surface area contributed by atoms with Crippen LogP contribution in [0.5, 0.6) is 11.5 Å². The molecule has 0 spiro atoms. The lowest BCUT2D eigenvalue weighted by Crippen LogP contribution is -2.38. The zero-order chi connectivity index (χ0) is 23.7. The Balaban J connectivity index is 1.77. The smallest absolute Gasteiger partial charge is 0.295 e. The molecule has 174 valence electrons. The van der Waals surface area contributed by atoms with Gasteiger partial charge in [-0.05, 0) is 61.5 Å². The molecule has 1 amide bonds. The predicted molar refractivity (Wildman–Crippen MR) is 125 cm³/mol. The number of aliphatic hydroxyl groups excluding tert-OH is 1. The van der Waals surface area contributed by atoms with Crippen LogP contribution in [0.1, 0.15) is 43.5 Å². The van der Waals surface area contributed by atoms with Crippen molar-refractivity contribution in [2.45, 2.75) is 39.3 Å². The van der Waals surface area contributed by atoms with Crippen LogP contribution in [0.15, 0.2) is 48.0 Å². The number of ketones is 1. The minimum Gasteiger partial charge on any atom is -0.508 e. The van der Waals surface area contributed by atoms with E-state index in [1.807, 2.05) is 26.8 Å². The molecular formula is C26H30N2O5. The highest BCUT2D eigenvalue weighted by atomic mass is 16.5. The SMILES string of the molecule is CCN(CC)CCN1C(=O)C(=O)/C(=C(/O)c2ccc3c(c2)CC(C)O3)C1c1ccc(O)cc1. The lowest BCUT2D eigenvalue weighted by Gasteiger charge is -2.28. The number of phenols is 1. The minimum absolute atomic E-state index is 0.0556. The van der Waals surface area contributed by atoms with E-state index in [4.69, 9.17) is 4.74 Å². The maximum Gasteiger partial charge on any atom is 0.295 e. The van der Waals surface area contributed by atoms with Crippen LogP contribution in [0.25, 0.3) is 5.76 Å². The summed E-state index contributed by atoms with van der Waals surface area (Å²) in [5, 5.41) is 21.0. The van der Waals surface area contributed by atoms with Crippen molar-refractivity contribution in [1.82, 2.24) is 9.80 Å². The molecule has 4 rings (SSSR count). The Labute approximate surface area is 193 Å². The zero-order valence-corrected chi connectivity index (χ0v) is 19.2. The molecular weight excluding hydrogens is 420 g/mol. The number of likely N-dealkylation sites (N-methyl/N-ethyl adjacent to an activating group) is 1. The van der Waals surface area contributed by atoms with Gasteiger partial charge in [0.2, 0.25) is 0 Å². The van der Waals surface area contributed by atoms with E-state index in [-0.39, 0.29) is 23.2 Å². The minimum atomic E-state index is -0.732. The van der Waals surface area contributed by atoms with E-state index in [9.17, 15) is 19.8 Å². The molecule has 2 aromatic rings. The van der Waals surface area contributed by atoms with Crippen molar-refractivity contribution in [3.8, 4) is 11.5 Å². The number of carbonyl (C=O) groups is 2. The fourth-order valence-electron chi connectivity index (χ4n) is 4.63. The molecule has 0 bridgehead atoms. The molecule has 0 aromatic heterocycles. The normalized spacial score (nSPS) is 21.5. The number of Topliss-reactive ketones (excluding diaryl/α,β-unsaturated/α-hetero) is 1. The molecule has 2 aromatic carbocycles. The first-order valence-corrected chi connectivity index (χ1v) is 11.4. The van der Waals surface area contributed by atoms with Gasteiger partial charge in [0, 0.05) is 25.1 Å². The summed E-state index contributed by atoms with van der Waals surface area (Å²) in [6.45, 7) is 8.71. The van der Waals surface area contributed by atoms with E-state index < -0.39 is 17.7 Å². The number of likely N-dealkylation sites (tertiary alicyclic amines) is 1. The number of hydrogen-bond donors (Lipinski definition) is 2. The third kappa shape index (κ3) is 4.33. The van der Waals surface area contributed by atoms with Gasteiger partial charge >= 0.3 is 0 Å². The van der Waals surface area contributed by atoms with Gasteiger partial charge in [-0.15, -0.1) is 0 Å². The average Bonchev–Trinajstić information content (AvgIpc) is 3.30. The van der Waals surface area contributed by atoms with E-state index in [1.54, 1.807) is 24.3 Å². The predicted octanol–water partition coefficient (Wildman–Crippen LogP) is 3.48. The van der Waals surface area contributed by atoms with E-state index >= 15 is 0 Å². The number of hydrogen-bond acceptors (Lipinski definition) is 6. The van der Waals surface area contributed by atoms with Gasteiger partial charge in [0.15, 0.2) is 0 Å². The Kier molecular flexibility index (Phi) is 6.42. The molecule has 2 aliphatic rings. The number of aliphatic hydroxyl groups is 1. The highest BCUT2D eigenvalue weighted by molar-refractivity contribution is 6.46. The number of amides is 1. The number of ether oxygens (including phenoxy) is 1. The van der Waals surface area contributed by atoms with Crippen molar-refractivity contribution in [2.24, 2.45) is 0 Å². The van der Waals surface area contributed by atoms with E-state index in [2.05, 4.69) is 4.90 Å². The van der Waals surface area contributed by atoms with Crippen molar-refractivity contribution in [3.05, 3.63) is 64.7 Å². The van der Waals surface area contributed by atoms with E-state index in [0.717, 1.165) is 30.8 Å². The number of carbonyl (C=O) groups excluding carboxylic acids is 2. The molecule has 33 heavy (non-hydrogen) atoms. The fourth-order valence-corrected chi connectivity index (χ4v) is 4.63. The molecule has 0 aliphatic carbocycles. The summed E-state index contributed by atoms with van der Waals surface area (Å²) in [6.07, 6.45) is 0.774. The van der Waals surface area contributed by atoms with Gasteiger partial charge in [-0.2, -0.15) is 0 Å². The van der Waals surface area contributed by atoms with Crippen LogP contribution in [0, 0.1) is 0 Å². The summed E-state index contributed by atoms with van der Waals surface area (Å²) < 4.78 is 5.74.